The van der Waals surface area contributed by atoms with Gasteiger partial charge in [-0.3, -0.25) is 4.79 Å². The molecule has 1 aliphatic carbocycles. The van der Waals surface area contributed by atoms with Crippen molar-refractivity contribution in [2.75, 3.05) is 0 Å². The summed E-state index contributed by atoms with van der Waals surface area (Å²) in [5.41, 5.74) is 0.420. The van der Waals surface area contributed by atoms with Crippen molar-refractivity contribution in [3.05, 3.63) is 0 Å². The van der Waals surface area contributed by atoms with Crippen LogP contribution in [0.3, 0.4) is 0 Å². The topological polar surface area (TPSA) is 20.3 Å². The number of amides is 1. The molecule has 2 aliphatic rings. The highest BCUT2D eigenvalue weighted by atomic mass is 16.2. The van der Waals surface area contributed by atoms with Crippen LogP contribution in [0.1, 0.15) is 52.9 Å². The summed E-state index contributed by atoms with van der Waals surface area (Å²) in [5.74, 6) is 0.271. The lowest BCUT2D eigenvalue weighted by molar-refractivity contribution is -0.132. The summed E-state index contributed by atoms with van der Waals surface area (Å²) in [7, 11) is 0. The Kier molecular flexibility index (Phi) is 2.32. The molecule has 2 rings (SSSR count). The van der Waals surface area contributed by atoms with Crippen molar-refractivity contribution in [1.82, 2.24) is 4.90 Å². The van der Waals surface area contributed by atoms with Crippen molar-refractivity contribution >= 4 is 5.91 Å². The third kappa shape index (κ3) is 1.35. The molecule has 2 heteroatoms. The van der Waals surface area contributed by atoms with E-state index in [4.69, 9.17) is 0 Å². The normalized spacial score (nSPS) is 42.4. The van der Waals surface area contributed by atoms with Gasteiger partial charge in [-0.15, -0.1) is 0 Å². The summed E-state index contributed by atoms with van der Waals surface area (Å²) in [6.45, 7) is 6.29. The summed E-state index contributed by atoms with van der Waals surface area (Å²) >= 11 is 0. The third-order valence-electron chi connectivity index (χ3n) is 4.22. The minimum atomic E-state index is 0.271. The molecule has 14 heavy (non-hydrogen) atoms. The van der Waals surface area contributed by atoms with Crippen LogP contribution < -0.4 is 0 Å². The van der Waals surface area contributed by atoms with E-state index in [-0.39, 0.29) is 5.91 Å². The molecule has 80 valence electrons. The molecule has 0 N–H and O–H groups in total. The number of rotatable bonds is 0. The first-order valence-electron chi connectivity index (χ1n) is 5.83. The van der Waals surface area contributed by atoms with Crippen LogP contribution in [0.4, 0.5) is 0 Å². The molecule has 2 fully saturated rings. The Hall–Kier alpha value is -0.530. The predicted octanol–water partition coefficient (Wildman–Crippen LogP) is 2.58. The van der Waals surface area contributed by atoms with E-state index in [0.29, 0.717) is 17.5 Å². The Morgan fingerprint density at radius 2 is 2.14 bits per heavy atom. The lowest BCUT2D eigenvalue weighted by Crippen LogP contribution is -2.44. The number of carbonyl (C=O) groups is 1. The Morgan fingerprint density at radius 3 is 2.79 bits per heavy atom. The molecule has 0 aromatic rings. The van der Waals surface area contributed by atoms with E-state index < -0.39 is 0 Å². The van der Waals surface area contributed by atoms with E-state index in [1.54, 1.807) is 6.92 Å². The number of fused-ring (bicyclic) bond motifs is 1. The van der Waals surface area contributed by atoms with Crippen LogP contribution in [0, 0.1) is 5.41 Å². The molecule has 0 radical (unpaired) electrons. The van der Waals surface area contributed by atoms with Crippen molar-refractivity contribution in [3.8, 4) is 0 Å². The minimum absolute atomic E-state index is 0.271. The Morgan fingerprint density at radius 1 is 1.43 bits per heavy atom. The largest absolute Gasteiger partial charge is 0.337 e. The lowest BCUT2D eigenvalue weighted by Gasteiger charge is -2.39. The second kappa shape index (κ2) is 3.25. The molecule has 1 amide bonds. The zero-order valence-corrected chi connectivity index (χ0v) is 9.55. The van der Waals surface area contributed by atoms with Gasteiger partial charge in [0.05, 0.1) is 0 Å². The number of nitrogens with zero attached hydrogens (tertiary/aromatic N) is 1. The molecule has 0 unspecified atom stereocenters. The van der Waals surface area contributed by atoms with Gasteiger partial charge in [0.2, 0.25) is 5.91 Å². The summed E-state index contributed by atoms with van der Waals surface area (Å²) in [4.78, 5) is 13.7. The minimum Gasteiger partial charge on any atom is -0.337 e. The van der Waals surface area contributed by atoms with Crippen LogP contribution >= 0.6 is 0 Å². The smallest absolute Gasteiger partial charge is 0.219 e. The van der Waals surface area contributed by atoms with E-state index in [0.717, 1.165) is 0 Å². The van der Waals surface area contributed by atoms with Crippen molar-refractivity contribution in [2.24, 2.45) is 5.41 Å². The Labute approximate surface area is 86.7 Å². The molecule has 0 aromatic heterocycles. The van der Waals surface area contributed by atoms with Gasteiger partial charge in [0.25, 0.3) is 0 Å². The fourth-order valence-corrected chi connectivity index (χ4v) is 3.70. The van der Waals surface area contributed by atoms with E-state index in [1.165, 1.54) is 32.1 Å². The number of hydrogen-bond acceptors (Lipinski definition) is 1. The first-order valence-corrected chi connectivity index (χ1v) is 5.83. The molecule has 2 nitrogen and oxygen atoms in total. The van der Waals surface area contributed by atoms with Gasteiger partial charge in [-0.2, -0.15) is 0 Å². The van der Waals surface area contributed by atoms with Gasteiger partial charge in [-0.25, -0.2) is 0 Å². The number of likely N-dealkylation sites (tertiary alicyclic amines) is 1. The summed E-state index contributed by atoms with van der Waals surface area (Å²) in [6.07, 6.45) is 6.39. The molecular weight excluding hydrogens is 174 g/mol. The van der Waals surface area contributed by atoms with Crippen molar-refractivity contribution in [3.63, 3.8) is 0 Å². The highest BCUT2D eigenvalue weighted by Crippen LogP contribution is 2.48. The van der Waals surface area contributed by atoms with Crippen LogP contribution in [0.2, 0.25) is 0 Å². The summed E-state index contributed by atoms with van der Waals surface area (Å²) in [5, 5.41) is 0. The maximum absolute atomic E-state index is 11.6. The zero-order chi connectivity index (χ0) is 10.3. The van der Waals surface area contributed by atoms with E-state index >= 15 is 0 Å². The zero-order valence-electron chi connectivity index (χ0n) is 9.55. The predicted molar refractivity (Wildman–Crippen MR) is 57.0 cm³/mol. The monoisotopic (exact) mass is 195 g/mol. The van der Waals surface area contributed by atoms with Crippen LogP contribution in [-0.2, 0) is 4.79 Å². The molecule has 1 saturated heterocycles. The second-order valence-corrected chi connectivity index (χ2v) is 5.40. The molecular formula is C12H21NO. The van der Waals surface area contributed by atoms with E-state index in [1.807, 2.05) is 0 Å². The molecule has 0 spiro atoms. The quantitative estimate of drug-likeness (QED) is 0.582. The highest BCUT2D eigenvalue weighted by Gasteiger charge is 2.49. The van der Waals surface area contributed by atoms with Crippen molar-refractivity contribution < 1.29 is 4.79 Å². The van der Waals surface area contributed by atoms with Crippen molar-refractivity contribution in [2.45, 2.75) is 65.0 Å². The maximum Gasteiger partial charge on any atom is 0.219 e. The fourth-order valence-electron chi connectivity index (χ4n) is 3.70. The second-order valence-electron chi connectivity index (χ2n) is 5.40. The van der Waals surface area contributed by atoms with E-state index in [2.05, 4.69) is 18.7 Å². The first kappa shape index (κ1) is 10.0. The number of carbonyl (C=O) groups excluding carboxylic acids is 1. The standard InChI is InChI=1S/C12H21NO/c1-9-8-12(3)7-5-4-6-11(12)13(9)10(2)14/h9,11H,4-8H2,1-3H3/t9-,11+,12+/m1/s1. The van der Waals surface area contributed by atoms with Crippen LogP contribution in [0.25, 0.3) is 0 Å². The number of hydrogen-bond donors (Lipinski definition) is 0. The first-order chi connectivity index (χ1) is 6.54. The maximum atomic E-state index is 11.6. The van der Waals surface area contributed by atoms with Gasteiger partial charge in [0.15, 0.2) is 0 Å². The van der Waals surface area contributed by atoms with E-state index in [9.17, 15) is 4.79 Å². The van der Waals surface area contributed by atoms with Crippen molar-refractivity contribution in [1.29, 1.82) is 0 Å². The summed E-state index contributed by atoms with van der Waals surface area (Å²) in [6, 6.07) is 0.990. The molecule has 1 saturated carbocycles. The van der Waals surface area contributed by atoms with Gasteiger partial charge < -0.3 is 4.90 Å². The summed E-state index contributed by atoms with van der Waals surface area (Å²) < 4.78 is 0. The van der Waals surface area contributed by atoms with Gasteiger partial charge in [-0.1, -0.05) is 19.8 Å². The SMILES string of the molecule is CC(=O)N1[C@H](C)C[C@]2(C)CCCC[C@H]12. The van der Waals surface area contributed by atoms with Crippen LogP contribution in [0.15, 0.2) is 0 Å². The van der Waals surface area contributed by atoms with Gasteiger partial charge in [0, 0.05) is 19.0 Å². The fraction of sp³-hybridized carbons (Fsp3) is 0.917. The van der Waals surface area contributed by atoms with Gasteiger partial charge in [-0.05, 0) is 31.6 Å². The van der Waals surface area contributed by atoms with Gasteiger partial charge in [0.1, 0.15) is 0 Å². The molecule has 1 heterocycles. The average Bonchev–Trinajstić information content (AvgIpc) is 2.34. The lowest BCUT2D eigenvalue weighted by atomic mass is 9.71. The molecule has 0 bridgehead atoms. The highest BCUT2D eigenvalue weighted by molar-refractivity contribution is 5.74. The molecule has 3 atom stereocenters. The molecule has 0 aromatic carbocycles. The molecule has 1 aliphatic heterocycles. The van der Waals surface area contributed by atoms with Crippen LogP contribution in [0.5, 0.6) is 0 Å². The third-order valence-corrected chi connectivity index (χ3v) is 4.22. The van der Waals surface area contributed by atoms with Gasteiger partial charge >= 0.3 is 0 Å². The Bertz CT molecular complexity index is 251. The Balaban J connectivity index is 2.24. The van der Waals surface area contributed by atoms with Crippen LogP contribution in [-0.4, -0.2) is 22.9 Å². The average molecular weight is 195 g/mol.